The minimum absolute atomic E-state index is 0.00409. The Morgan fingerprint density at radius 1 is 1.28 bits per heavy atom. The summed E-state index contributed by atoms with van der Waals surface area (Å²) in [6.07, 6.45) is 0.230. The van der Waals surface area contributed by atoms with E-state index in [0.29, 0.717) is 21.6 Å². The SMILES string of the molecule is CCC(=O)Nc1cc(/N=N/c2snc3ccc(S(=O)(=O)NC)cc23)cc(Cl)c1O. The topological polar surface area (TPSA) is 133 Å². The molecule has 2 aromatic carbocycles. The average Bonchev–Trinajstić information content (AvgIpc) is 3.12. The molecule has 29 heavy (non-hydrogen) atoms. The lowest BCUT2D eigenvalue weighted by Crippen LogP contribution is -2.18. The second kappa shape index (κ2) is 8.41. The molecule has 0 aliphatic carbocycles. The van der Waals surface area contributed by atoms with Crippen molar-refractivity contribution in [3.63, 3.8) is 0 Å². The summed E-state index contributed by atoms with van der Waals surface area (Å²) in [5.41, 5.74) is 0.994. The van der Waals surface area contributed by atoms with Crippen LogP contribution in [0.15, 0.2) is 45.5 Å². The molecule has 0 aliphatic heterocycles. The zero-order valence-electron chi connectivity index (χ0n) is 15.3. The Hall–Kier alpha value is -2.60. The molecule has 0 radical (unpaired) electrons. The zero-order valence-corrected chi connectivity index (χ0v) is 17.7. The zero-order chi connectivity index (χ0) is 21.2. The number of anilines is 1. The van der Waals surface area contributed by atoms with E-state index in [1.165, 1.54) is 31.3 Å². The minimum atomic E-state index is -3.61. The van der Waals surface area contributed by atoms with Crippen molar-refractivity contribution in [1.82, 2.24) is 9.10 Å². The molecule has 0 bridgehead atoms. The number of phenols is 1. The van der Waals surface area contributed by atoms with Crippen LogP contribution in [-0.4, -0.2) is 30.9 Å². The van der Waals surface area contributed by atoms with E-state index in [1.807, 2.05) is 0 Å². The summed E-state index contributed by atoms with van der Waals surface area (Å²) in [5, 5.41) is 21.7. The first kappa shape index (κ1) is 21.1. The predicted octanol–water partition coefficient (Wildman–Crippen LogP) is 4.33. The molecule has 0 spiro atoms. The third-order valence-corrected chi connectivity index (χ3v) is 6.37. The van der Waals surface area contributed by atoms with Crippen molar-refractivity contribution in [2.24, 2.45) is 10.2 Å². The van der Waals surface area contributed by atoms with Gasteiger partial charge in [-0.05, 0) is 48.9 Å². The van der Waals surface area contributed by atoms with Crippen LogP contribution in [0.5, 0.6) is 5.75 Å². The monoisotopic (exact) mass is 453 g/mol. The summed E-state index contributed by atoms with van der Waals surface area (Å²) >= 11 is 7.06. The molecule has 1 aromatic heterocycles. The van der Waals surface area contributed by atoms with Gasteiger partial charge >= 0.3 is 0 Å². The Bertz CT molecular complexity index is 1220. The number of rotatable bonds is 6. The van der Waals surface area contributed by atoms with Crippen LogP contribution in [0.2, 0.25) is 5.02 Å². The average molecular weight is 454 g/mol. The van der Waals surface area contributed by atoms with Gasteiger partial charge in [0.2, 0.25) is 15.9 Å². The molecule has 0 saturated carbocycles. The van der Waals surface area contributed by atoms with Gasteiger partial charge in [0.15, 0.2) is 10.8 Å². The number of fused-ring (bicyclic) bond motifs is 1. The van der Waals surface area contributed by atoms with Gasteiger partial charge in [-0.1, -0.05) is 18.5 Å². The van der Waals surface area contributed by atoms with Gasteiger partial charge < -0.3 is 10.4 Å². The number of carbonyl (C=O) groups is 1. The highest BCUT2D eigenvalue weighted by molar-refractivity contribution is 7.89. The Morgan fingerprint density at radius 3 is 2.72 bits per heavy atom. The van der Waals surface area contributed by atoms with Crippen LogP contribution in [0.1, 0.15) is 13.3 Å². The van der Waals surface area contributed by atoms with Gasteiger partial charge in [0.05, 0.1) is 26.8 Å². The van der Waals surface area contributed by atoms with Crippen LogP contribution in [0.25, 0.3) is 10.9 Å². The van der Waals surface area contributed by atoms with Gasteiger partial charge in [-0.25, -0.2) is 13.1 Å². The molecular weight excluding hydrogens is 438 g/mol. The molecular formula is C17H16ClN5O4S2. The van der Waals surface area contributed by atoms with Gasteiger partial charge in [-0.15, -0.1) is 10.2 Å². The van der Waals surface area contributed by atoms with Gasteiger partial charge in [0.25, 0.3) is 0 Å². The fourth-order valence-corrected chi connectivity index (χ4v) is 4.00. The first-order valence-electron chi connectivity index (χ1n) is 8.32. The normalized spacial score (nSPS) is 12.0. The molecule has 152 valence electrons. The van der Waals surface area contributed by atoms with E-state index >= 15 is 0 Å². The summed E-state index contributed by atoms with van der Waals surface area (Å²) in [5.74, 6) is -0.560. The van der Waals surface area contributed by atoms with Crippen LogP contribution in [-0.2, 0) is 14.8 Å². The highest BCUT2D eigenvalue weighted by Crippen LogP contribution is 2.38. The lowest BCUT2D eigenvalue weighted by molar-refractivity contribution is -0.115. The van der Waals surface area contributed by atoms with E-state index in [0.717, 1.165) is 11.5 Å². The third kappa shape index (κ3) is 4.53. The molecule has 3 rings (SSSR count). The largest absolute Gasteiger partial charge is 0.504 e. The molecule has 0 fully saturated rings. The summed E-state index contributed by atoms with van der Waals surface area (Å²) in [7, 11) is -2.28. The Balaban J connectivity index is 1.99. The van der Waals surface area contributed by atoms with Crippen molar-refractivity contribution in [2.45, 2.75) is 18.2 Å². The summed E-state index contributed by atoms with van der Waals surface area (Å²) in [4.78, 5) is 11.7. The third-order valence-electron chi connectivity index (χ3n) is 3.91. The first-order valence-corrected chi connectivity index (χ1v) is 11.0. The molecule has 0 unspecified atom stereocenters. The quantitative estimate of drug-likeness (QED) is 0.377. The molecule has 3 aromatic rings. The number of aromatic hydroxyl groups is 1. The second-order valence-corrected chi connectivity index (χ2v) is 8.85. The van der Waals surface area contributed by atoms with E-state index in [-0.39, 0.29) is 33.7 Å². The number of azo groups is 1. The van der Waals surface area contributed by atoms with Crippen LogP contribution in [0.3, 0.4) is 0 Å². The molecule has 1 amide bonds. The lowest BCUT2D eigenvalue weighted by Gasteiger charge is -2.08. The number of hydrogen-bond acceptors (Lipinski definition) is 8. The predicted molar refractivity (Wildman–Crippen MR) is 112 cm³/mol. The smallest absolute Gasteiger partial charge is 0.240 e. The van der Waals surface area contributed by atoms with Crippen molar-refractivity contribution in [3.05, 3.63) is 35.4 Å². The van der Waals surface area contributed by atoms with E-state index in [9.17, 15) is 18.3 Å². The van der Waals surface area contributed by atoms with E-state index in [1.54, 1.807) is 13.0 Å². The van der Waals surface area contributed by atoms with E-state index < -0.39 is 10.0 Å². The number of nitrogens with one attached hydrogen (secondary N) is 2. The maximum absolute atomic E-state index is 12.0. The van der Waals surface area contributed by atoms with Crippen LogP contribution >= 0.6 is 23.1 Å². The van der Waals surface area contributed by atoms with Gasteiger partial charge in [0.1, 0.15) is 0 Å². The number of hydrogen-bond donors (Lipinski definition) is 3. The van der Waals surface area contributed by atoms with Gasteiger partial charge in [0, 0.05) is 11.8 Å². The van der Waals surface area contributed by atoms with Crippen LogP contribution in [0, 0.1) is 0 Å². The fourth-order valence-electron chi connectivity index (χ4n) is 2.34. The lowest BCUT2D eigenvalue weighted by atomic mass is 10.2. The van der Waals surface area contributed by atoms with Crippen LogP contribution < -0.4 is 10.0 Å². The Kier molecular flexibility index (Phi) is 6.13. The number of nitrogens with zero attached hydrogens (tertiary/aromatic N) is 3. The van der Waals surface area contributed by atoms with Crippen molar-refractivity contribution < 1.29 is 18.3 Å². The number of halogens is 1. The maximum Gasteiger partial charge on any atom is 0.240 e. The highest BCUT2D eigenvalue weighted by Gasteiger charge is 2.15. The summed E-state index contributed by atoms with van der Waals surface area (Å²) in [6.45, 7) is 1.68. The van der Waals surface area contributed by atoms with E-state index in [4.69, 9.17) is 11.6 Å². The van der Waals surface area contributed by atoms with Crippen LogP contribution in [0.4, 0.5) is 16.4 Å². The van der Waals surface area contributed by atoms with Crippen molar-refractivity contribution in [3.8, 4) is 5.75 Å². The van der Waals surface area contributed by atoms with Gasteiger partial charge in [-0.2, -0.15) is 4.37 Å². The Labute approximate surface area is 175 Å². The fraction of sp³-hybridized carbons (Fsp3) is 0.176. The number of carbonyl (C=O) groups excluding carboxylic acids is 1. The number of phenolic OH excluding ortho intramolecular Hbond substituents is 1. The Morgan fingerprint density at radius 2 is 2.03 bits per heavy atom. The molecule has 1 heterocycles. The van der Waals surface area contributed by atoms with Crippen molar-refractivity contribution in [1.29, 1.82) is 0 Å². The highest BCUT2D eigenvalue weighted by atomic mass is 35.5. The second-order valence-electron chi connectivity index (χ2n) is 5.80. The summed E-state index contributed by atoms with van der Waals surface area (Å²) < 4.78 is 30.5. The molecule has 0 atom stereocenters. The van der Waals surface area contributed by atoms with Gasteiger partial charge in [-0.3, -0.25) is 4.79 Å². The van der Waals surface area contributed by atoms with Crippen molar-refractivity contribution in [2.75, 3.05) is 12.4 Å². The minimum Gasteiger partial charge on any atom is -0.504 e. The molecule has 9 nitrogen and oxygen atoms in total. The van der Waals surface area contributed by atoms with E-state index in [2.05, 4.69) is 24.6 Å². The molecule has 12 heteroatoms. The summed E-state index contributed by atoms with van der Waals surface area (Å²) in [6, 6.07) is 7.33. The number of aromatic nitrogens is 1. The standard InChI is InChI=1S/C17H16ClN5O4S2/c1-3-15(24)20-14-7-9(6-12(18)16(14)25)21-22-17-11-8-10(29(26,27)19-2)4-5-13(11)23-28-17/h4-8,19,25H,3H2,1-2H3,(H,20,24)/b22-21+. The maximum atomic E-state index is 12.0. The molecule has 3 N–H and O–H groups in total. The molecule has 0 saturated heterocycles. The number of sulfonamides is 1. The molecule has 0 aliphatic rings. The van der Waals surface area contributed by atoms with Crippen molar-refractivity contribution >= 4 is 66.3 Å². The number of amides is 1. The number of benzene rings is 2. The first-order chi connectivity index (χ1) is 13.7.